The molecule has 1 heterocycles. The molecular weight excluding hydrogens is 315 g/mol. The second kappa shape index (κ2) is 7.01. The van der Waals surface area contributed by atoms with Crippen LogP contribution in [0.25, 0.3) is 0 Å². The highest BCUT2D eigenvalue weighted by atomic mass is 19.4. The molecule has 2 N–H and O–H groups in total. The van der Waals surface area contributed by atoms with Crippen molar-refractivity contribution in [3.05, 3.63) is 18.0 Å². The molecule has 23 heavy (non-hydrogen) atoms. The molecule has 1 saturated carbocycles. The lowest BCUT2D eigenvalue weighted by Gasteiger charge is -2.32. The zero-order valence-electron chi connectivity index (χ0n) is 12.3. The monoisotopic (exact) mass is 333 g/mol. The molecule has 1 atom stereocenters. The third-order valence-corrected chi connectivity index (χ3v) is 3.96. The summed E-state index contributed by atoms with van der Waals surface area (Å²) in [6.45, 7) is -0.452. The highest BCUT2D eigenvalue weighted by Crippen LogP contribution is 2.34. The highest BCUT2D eigenvalue weighted by Gasteiger charge is 2.45. The first-order valence-electron chi connectivity index (χ1n) is 7.40. The predicted octanol–water partition coefficient (Wildman–Crippen LogP) is 2.21. The Kier molecular flexibility index (Phi) is 5.27. The normalized spacial score (nSPS) is 17.7. The van der Waals surface area contributed by atoms with Gasteiger partial charge in [0.2, 0.25) is 5.91 Å². The molecule has 128 valence electrons. The third-order valence-electron chi connectivity index (χ3n) is 3.96. The van der Waals surface area contributed by atoms with Crippen LogP contribution < -0.4 is 5.32 Å². The minimum Gasteiger partial charge on any atom is -0.476 e. The number of carboxylic acids is 1. The van der Waals surface area contributed by atoms with E-state index in [1.54, 1.807) is 0 Å². The average Bonchev–Trinajstić information content (AvgIpc) is 2.93. The molecule has 0 aromatic carbocycles. The molecule has 2 rings (SSSR count). The van der Waals surface area contributed by atoms with Crippen molar-refractivity contribution in [2.45, 2.75) is 50.9 Å². The molecule has 1 aromatic rings. The van der Waals surface area contributed by atoms with E-state index < -0.39 is 36.6 Å². The van der Waals surface area contributed by atoms with Crippen molar-refractivity contribution in [1.29, 1.82) is 0 Å². The summed E-state index contributed by atoms with van der Waals surface area (Å²) in [5.41, 5.74) is -0.266. The molecule has 0 aliphatic heterocycles. The number of aromatic carboxylic acids is 1. The zero-order valence-corrected chi connectivity index (χ0v) is 12.3. The van der Waals surface area contributed by atoms with Crippen LogP contribution in [0.3, 0.4) is 0 Å². The number of nitrogens with one attached hydrogen (secondary N) is 1. The van der Waals surface area contributed by atoms with E-state index in [2.05, 4.69) is 5.10 Å². The van der Waals surface area contributed by atoms with Gasteiger partial charge in [0.25, 0.3) is 0 Å². The number of carbonyl (C=O) groups is 2. The topological polar surface area (TPSA) is 84.2 Å². The summed E-state index contributed by atoms with van der Waals surface area (Å²) in [5.74, 6) is -2.71. The van der Waals surface area contributed by atoms with E-state index in [4.69, 9.17) is 5.11 Å². The smallest absolute Gasteiger partial charge is 0.408 e. The molecule has 0 radical (unpaired) electrons. The largest absolute Gasteiger partial charge is 0.476 e. The van der Waals surface area contributed by atoms with E-state index >= 15 is 0 Å². The van der Waals surface area contributed by atoms with E-state index in [0.717, 1.165) is 23.9 Å². The van der Waals surface area contributed by atoms with E-state index in [-0.39, 0.29) is 5.69 Å². The summed E-state index contributed by atoms with van der Waals surface area (Å²) in [6, 6.07) is -0.692. The van der Waals surface area contributed by atoms with Gasteiger partial charge in [-0.1, -0.05) is 19.3 Å². The van der Waals surface area contributed by atoms with Crippen LogP contribution in [0.4, 0.5) is 13.2 Å². The second-order valence-electron chi connectivity index (χ2n) is 5.69. The lowest BCUT2D eigenvalue weighted by molar-refractivity contribution is -0.174. The van der Waals surface area contributed by atoms with Crippen LogP contribution in [0.1, 0.15) is 42.6 Å². The van der Waals surface area contributed by atoms with Gasteiger partial charge in [0.15, 0.2) is 5.69 Å². The van der Waals surface area contributed by atoms with Crippen LogP contribution in [-0.2, 0) is 11.3 Å². The summed E-state index contributed by atoms with van der Waals surface area (Å²) >= 11 is 0. The Balaban J connectivity index is 2.00. The van der Waals surface area contributed by atoms with E-state index in [9.17, 15) is 22.8 Å². The quantitative estimate of drug-likeness (QED) is 0.865. The Bertz CT molecular complexity index is 565. The lowest BCUT2D eigenvalue weighted by atomic mass is 9.83. The van der Waals surface area contributed by atoms with Crippen molar-refractivity contribution >= 4 is 11.9 Å². The van der Waals surface area contributed by atoms with Crippen LogP contribution in [-0.4, -0.2) is 39.0 Å². The summed E-state index contributed by atoms with van der Waals surface area (Å²) in [7, 11) is 0. The maximum Gasteiger partial charge on any atom is 0.408 e. The SMILES string of the molecule is O=C(Cn1ccc(C(=O)O)n1)NC(C1CCCCC1)C(F)(F)F. The van der Waals surface area contributed by atoms with Gasteiger partial charge in [-0.15, -0.1) is 0 Å². The summed E-state index contributed by atoms with van der Waals surface area (Å²) in [6.07, 6.45) is -0.00616. The molecule has 6 nitrogen and oxygen atoms in total. The molecule has 1 aliphatic rings. The van der Waals surface area contributed by atoms with E-state index in [0.29, 0.717) is 12.8 Å². The van der Waals surface area contributed by atoms with E-state index in [1.807, 2.05) is 5.32 Å². The number of aromatic nitrogens is 2. The first kappa shape index (κ1) is 17.3. The van der Waals surface area contributed by atoms with Crippen molar-refractivity contribution in [2.75, 3.05) is 0 Å². The van der Waals surface area contributed by atoms with Gasteiger partial charge in [0.1, 0.15) is 12.6 Å². The van der Waals surface area contributed by atoms with E-state index in [1.165, 1.54) is 12.3 Å². The van der Waals surface area contributed by atoms with Crippen LogP contribution in [0.15, 0.2) is 12.3 Å². The molecule has 1 aliphatic carbocycles. The van der Waals surface area contributed by atoms with Crippen molar-refractivity contribution in [3.63, 3.8) is 0 Å². The molecule has 1 unspecified atom stereocenters. The van der Waals surface area contributed by atoms with Gasteiger partial charge in [0.05, 0.1) is 0 Å². The van der Waals surface area contributed by atoms with Crippen LogP contribution in [0.5, 0.6) is 0 Å². The first-order valence-corrected chi connectivity index (χ1v) is 7.40. The number of amides is 1. The Morgan fingerprint density at radius 2 is 2.00 bits per heavy atom. The summed E-state index contributed by atoms with van der Waals surface area (Å²) in [4.78, 5) is 22.6. The fraction of sp³-hybridized carbons (Fsp3) is 0.643. The van der Waals surface area contributed by atoms with Gasteiger partial charge >= 0.3 is 12.1 Å². The molecule has 0 saturated heterocycles. The lowest BCUT2D eigenvalue weighted by Crippen LogP contribution is -2.51. The number of hydrogen-bond donors (Lipinski definition) is 2. The fourth-order valence-corrected chi connectivity index (χ4v) is 2.86. The molecule has 0 bridgehead atoms. The number of alkyl halides is 3. The molecule has 1 aromatic heterocycles. The van der Waals surface area contributed by atoms with Gasteiger partial charge in [-0.25, -0.2) is 4.79 Å². The van der Waals surface area contributed by atoms with Crippen LogP contribution >= 0.6 is 0 Å². The Morgan fingerprint density at radius 1 is 1.35 bits per heavy atom. The highest BCUT2D eigenvalue weighted by molar-refractivity contribution is 5.85. The maximum absolute atomic E-state index is 13.2. The minimum absolute atomic E-state index is 0.266. The number of carboxylic acid groups (broad SMARTS) is 1. The Morgan fingerprint density at radius 3 is 2.52 bits per heavy atom. The van der Waals surface area contributed by atoms with Gasteiger partial charge in [0, 0.05) is 6.20 Å². The number of hydrogen-bond acceptors (Lipinski definition) is 3. The minimum atomic E-state index is -4.51. The van der Waals surface area contributed by atoms with Gasteiger partial charge in [-0.05, 0) is 24.8 Å². The number of carbonyl (C=O) groups excluding carboxylic acids is 1. The summed E-state index contributed by atoms with van der Waals surface area (Å²) in [5, 5.41) is 14.4. The average molecular weight is 333 g/mol. The molecule has 0 spiro atoms. The molecule has 1 amide bonds. The summed E-state index contributed by atoms with van der Waals surface area (Å²) < 4.78 is 40.6. The standard InChI is InChI=1S/C14H18F3N3O3/c15-14(16,17)12(9-4-2-1-3-5-9)18-11(21)8-20-7-6-10(19-20)13(22)23/h6-7,9,12H,1-5,8H2,(H,18,21)(H,22,23). The zero-order chi connectivity index (χ0) is 17.0. The second-order valence-corrected chi connectivity index (χ2v) is 5.69. The molecule has 1 fully saturated rings. The fourth-order valence-electron chi connectivity index (χ4n) is 2.86. The van der Waals surface area contributed by atoms with Crippen LogP contribution in [0.2, 0.25) is 0 Å². The molecular formula is C14H18F3N3O3. The van der Waals surface area contributed by atoms with Gasteiger partial charge < -0.3 is 10.4 Å². The third kappa shape index (κ3) is 4.70. The van der Waals surface area contributed by atoms with Crippen molar-refractivity contribution in [1.82, 2.24) is 15.1 Å². The molecule has 9 heteroatoms. The van der Waals surface area contributed by atoms with Gasteiger partial charge in [-0.2, -0.15) is 18.3 Å². The van der Waals surface area contributed by atoms with Crippen molar-refractivity contribution in [2.24, 2.45) is 5.92 Å². The first-order chi connectivity index (χ1) is 10.8. The Labute approximate surface area is 130 Å². The number of nitrogens with zero attached hydrogens (tertiary/aromatic N) is 2. The van der Waals surface area contributed by atoms with Crippen molar-refractivity contribution < 1.29 is 27.9 Å². The van der Waals surface area contributed by atoms with Crippen molar-refractivity contribution in [3.8, 4) is 0 Å². The Hall–Kier alpha value is -2.06. The van der Waals surface area contributed by atoms with Crippen LogP contribution in [0, 0.1) is 5.92 Å². The van der Waals surface area contributed by atoms with Gasteiger partial charge in [-0.3, -0.25) is 9.48 Å². The predicted molar refractivity (Wildman–Crippen MR) is 73.7 cm³/mol. The number of rotatable bonds is 5. The number of halogens is 3. The maximum atomic E-state index is 13.2.